The number of hydrogen-bond donors (Lipinski definition) is 3. The van der Waals surface area contributed by atoms with Crippen LogP contribution >= 0.6 is 0 Å². The number of benzene rings is 3. The molecule has 0 spiro atoms. The SMILES string of the molecule is CC(C)(C)c1cc(CCc2c(F)cccc2NC(=O)NC2CCN(Cc3ccccc3)CC2)cc(C(C)(C)C)c1O. The van der Waals surface area contributed by atoms with Crippen LogP contribution in [0.5, 0.6) is 5.75 Å². The molecule has 0 aromatic heterocycles. The van der Waals surface area contributed by atoms with E-state index in [1.807, 2.05) is 18.2 Å². The lowest BCUT2D eigenvalue weighted by Crippen LogP contribution is -2.45. The Labute approximate surface area is 245 Å². The first-order valence-electron chi connectivity index (χ1n) is 14.8. The highest BCUT2D eigenvalue weighted by molar-refractivity contribution is 5.90. The van der Waals surface area contributed by atoms with Crippen molar-refractivity contribution in [2.45, 2.75) is 90.6 Å². The number of urea groups is 1. The van der Waals surface area contributed by atoms with Gasteiger partial charge >= 0.3 is 6.03 Å². The lowest BCUT2D eigenvalue weighted by molar-refractivity contribution is 0.190. The van der Waals surface area contributed by atoms with Crippen LogP contribution in [-0.2, 0) is 30.2 Å². The van der Waals surface area contributed by atoms with Crippen LogP contribution in [0.3, 0.4) is 0 Å². The zero-order valence-corrected chi connectivity index (χ0v) is 25.5. The number of aryl methyl sites for hydroxylation is 1. The molecule has 2 amide bonds. The topological polar surface area (TPSA) is 64.6 Å². The zero-order valence-electron chi connectivity index (χ0n) is 25.5. The second-order valence-electron chi connectivity index (χ2n) is 13.4. The molecule has 3 N–H and O–H groups in total. The molecule has 1 saturated heterocycles. The number of anilines is 1. The quantitative estimate of drug-likeness (QED) is 0.278. The summed E-state index contributed by atoms with van der Waals surface area (Å²) in [5.74, 6) is 0.00690. The summed E-state index contributed by atoms with van der Waals surface area (Å²) in [5.41, 5.74) is 4.63. The maximum absolute atomic E-state index is 15.1. The van der Waals surface area contributed by atoms with Gasteiger partial charge in [0.05, 0.1) is 0 Å². The molecule has 1 heterocycles. The van der Waals surface area contributed by atoms with E-state index in [0.29, 0.717) is 29.8 Å². The molecule has 3 aromatic carbocycles. The summed E-state index contributed by atoms with van der Waals surface area (Å²) in [5, 5.41) is 17.1. The summed E-state index contributed by atoms with van der Waals surface area (Å²) < 4.78 is 15.1. The molecule has 3 aromatic rings. The first-order valence-corrected chi connectivity index (χ1v) is 14.8. The minimum Gasteiger partial charge on any atom is -0.507 e. The van der Waals surface area contributed by atoms with Gasteiger partial charge in [-0.1, -0.05) is 90.1 Å². The van der Waals surface area contributed by atoms with Gasteiger partial charge in [0.25, 0.3) is 0 Å². The summed E-state index contributed by atoms with van der Waals surface area (Å²) in [6.07, 6.45) is 2.77. The Kier molecular flexibility index (Phi) is 9.43. The number of halogens is 1. The lowest BCUT2D eigenvalue weighted by atomic mass is 9.78. The number of carbonyl (C=O) groups is 1. The van der Waals surface area contributed by atoms with E-state index < -0.39 is 0 Å². The molecule has 0 atom stereocenters. The average Bonchev–Trinajstić information content (AvgIpc) is 2.89. The Bertz CT molecular complexity index is 1300. The van der Waals surface area contributed by atoms with Crippen molar-refractivity contribution in [3.63, 3.8) is 0 Å². The van der Waals surface area contributed by atoms with E-state index in [4.69, 9.17) is 0 Å². The molecule has 5 nitrogen and oxygen atoms in total. The summed E-state index contributed by atoms with van der Waals surface area (Å²) >= 11 is 0. The number of rotatable bonds is 7. The van der Waals surface area contributed by atoms with Crippen molar-refractivity contribution in [2.24, 2.45) is 0 Å². The van der Waals surface area contributed by atoms with E-state index in [-0.39, 0.29) is 28.7 Å². The molecule has 0 saturated carbocycles. The van der Waals surface area contributed by atoms with E-state index in [0.717, 1.165) is 49.2 Å². The van der Waals surface area contributed by atoms with Crippen molar-refractivity contribution in [1.82, 2.24) is 10.2 Å². The van der Waals surface area contributed by atoms with Crippen LogP contribution in [0.15, 0.2) is 60.7 Å². The molecule has 41 heavy (non-hydrogen) atoms. The maximum Gasteiger partial charge on any atom is 0.319 e. The van der Waals surface area contributed by atoms with Gasteiger partial charge in [0.15, 0.2) is 0 Å². The fourth-order valence-corrected chi connectivity index (χ4v) is 5.60. The van der Waals surface area contributed by atoms with Gasteiger partial charge in [-0.25, -0.2) is 9.18 Å². The number of phenols is 1. The van der Waals surface area contributed by atoms with Crippen molar-refractivity contribution < 1.29 is 14.3 Å². The zero-order chi connectivity index (χ0) is 29.8. The molecule has 1 fully saturated rings. The standard InChI is InChI=1S/C35H46FN3O2/c1-34(2,3)28-21-25(22-29(32(28)40)35(4,5)6)15-16-27-30(36)13-10-14-31(27)38-33(41)37-26-17-19-39(20-18-26)23-24-11-8-7-9-12-24/h7-14,21-22,26,40H,15-20,23H2,1-6H3,(H2,37,38,41). The number of nitrogens with zero attached hydrogens (tertiary/aromatic N) is 1. The van der Waals surface area contributed by atoms with Crippen LogP contribution in [0, 0.1) is 5.82 Å². The van der Waals surface area contributed by atoms with Gasteiger partial charge in [0.2, 0.25) is 0 Å². The summed E-state index contributed by atoms with van der Waals surface area (Å²) in [6.45, 7) is 15.3. The number of phenolic OH excluding ortho intramolecular Hbond substituents is 1. The van der Waals surface area contributed by atoms with Gasteiger partial charge < -0.3 is 15.7 Å². The Hall–Kier alpha value is -3.38. The average molecular weight is 560 g/mol. The third-order valence-electron chi connectivity index (χ3n) is 7.99. The molecule has 1 aliphatic heterocycles. The first-order chi connectivity index (χ1) is 19.3. The number of piperidine rings is 1. The minimum absolute atomic E-state index is 0.0858. The van der Waals surface area contributed by atoms with Crippen LogP contribution in [0.25, 0.3) is 0 Å². The molecule has 4 rings (SSSR count). The van der Waals surface area contributed by atoms with Gasteiger partial charge in [-0.2, -0.15) is 0 Å². The van der Waals surface area contributed by atoms with Crippen molar-refractivity contribution in [2.75, 3.05) is 18.4 Å². The van der Waals surface area contributed by atoms with E-state index in [9.17, 15) is 9.90 Å². The van der Waals surface area contributed by atoms with Crippen LogP contribution < -0.4 is 10.6 Å². The van der Waals surface area contributed by atoms with Crippen molar-refractivity contribution in [3.8, 4) is 5.75 Å². The van der Waals surface area contributed by atoms with Crippen LogP contribution in [-0.4, -0.2) is 35.2 Å². The Balaban J connectivity index is 1.40. The lowest BCUT2D eigenvalue weighted by Gasteiger charge is -2.32. The highest BCUT2D eigenvalue weighted by atomic mass is 19.1. The van der Waals surface area contributed by atoms with Gasteiger partial charge in [-0.05, 0) is 70.9 Å². The molecular formula is C35H46FN3O2. The van der Waals surface area contributed by atoms with Gasteiger partial charge in [-0.3, -0.25) is 4.90 Å². The van der Waals surface area contributed by atoms with Crippen LogP contribution in [0.4, 0.5) is 14.9 Å². The second kappa shape index (κ2) is 12.6. The third-order valence-corrected chi connectivity index (χ3v) is 7.99. The molecule has 0 unspecified atom stereocenters. The Morgan fingerprint density at radius 3 is 2.07 bits per heavy atom. The van der Waals surface area contributed by atoms with Crippen molar-refractivity contribution in [1.29, 1.82) is 0 Å². The highest BCUT2D eigenvalue weighted by Crippen LogP contribution is 2.40. The Morgan fingerprint density at radius 2 is 1.49 bits per heavy atom. The molecular weight excluding hydrogens is 513 g/mol. The van der Waals surface area contributed by atoms with E-state index in [1.165, 1.54) is 11.6 Å². The molecule has 6 heteroatoms. The molecule has 220 valence electrons. The number of nitrogens with one attached hydrogen (secondary N) is 2. The van der Waals surface area contributed by atoms with E-state index in [1.54, 1.807) is 12.1 Å². The number of likely N-dealkylation sites (tertiary alicyclic amines) is 1. The highest BCUT2D eigenvalue weighted by Gasteiger charge is 2.27. The largest absolute Gasteiger partial charge is 0.507 e. The maximum atomic E-state index is 15.1. The van der Waals surface area contributed by atoms with Crippen molar-refractivity contribution in [3.05, 3.63) is 94.3 Å². The molecule has 0 aliphatic carbocycles. The fourth-order valence-electron chi connectivity index (χ4n) is 5.60. The normalized spacial score (nSPS) is 15.1. The number of aromatic hydroxyl groups is 1. The summed E-state index contributed by atoms with van der Waals surface area (Å²) in [7, 11) is 0. The first kappa shape index (κ1) is 30.6. The van der Waals surface area contributed by atoms with Crippen molar-refractivity contribution >= 4 is 11.7 Å². The fraction of sp³-hybridized carbons (Fsp3) is 0.457. The van der Waals surface area contributed by atoms with E-state index >= 15 is 4.39 Å². The van der Waals surface area contributed by atoms with Crippen LogP contribution in [0.1, 0.15) is 82.2 Å². The molecule has 0 radical (unpaired) electrons. The van der Waals surface area contributed by atoms with Gasteiger partial charge in [-0.15, -0.1) is 0 Å². The smallest absolute Gasteiger partial charge is 0.319 e. The van der Waals surface area contributed by atoms with Crippen LogP contribution in [0.2, 0.25) is 0 Å². The molecule has 0 bridgehead atoms. The molecule has 1 aliphatic rings. The third kappa shape index (κ3) is 8.10. The Morgan fingerprint density at radius 1 is 0.878 bits per heavy atom. The van der Waals surface area contributed by atoms with E-state index in [2.05, 4.69) is 81.3 Å². The number of hydrogen-bond acceptors (Lipinski definition) is 3. The number of amides is 2. The van der Waals surface area contributed by atoms with Gasteiger partial charge in [0.1, 0.15) is 11.6 Å². The number of carbonyl (C=O) groups excluding carboxylic acids is 1. The van der Waals surface area contributed by atoms with Gasteiger partial charge in [0, 0.05) is 36.9 Å². The predicted molar refractivity (Wildman–Crippen MR) is 166 cm³/mol. The monoisotopic (exact) mass is 559 g/mol. The predicted octanol–water partition coefficient (Wildman–Crippen LogP) is 7.70. The summed E-state index contributed by atoms with van der Waals surface area (Å²) in [6, 6.07) is 19.1. The second-order valence-corrected chi connectivity index (χ2v) is 13.4. The minimum atomic E-state index is -0.331. The summed E-state index contributed by atoms with van der Waals surface area (Å²) in [4.78, 5) is 15.4.